The van der Waals surface area contributed by atoms with Crippen molar-refractivity contribution in [2.24, 2.45) is 5.10 Å². The third-order valence-electron chi connectivity index (χ3n) is 5.09. The van der Waals surface area contributed by atoms with Gasteiger partial charge in [0.15, 0.2) is 5.82 Å². The maximum atomic E-state index is 14.5. The largest absolute Gasteiger partial charge is 0.379 e. The summed E-state index contributed by atoms with van der Waals surface area (Å²) in [6.45, 7) is 6.67. The van der Waals surface area contributed by atoms with E-state index >= 15 is 0 Å². The SMILES string of the molecule is Cc1ccc(C=NNc2nc(NCCN3CCOCC3)nc(-c3c(F)cccc3Cl)n2)cc1. The summed E-state index contributed by atoms with van der Waals surface area (Å²) in [4.78, 5) is 15.4. The number of rotatable bonds is 8. The zero-order valence-electron chi connectivity index (χ0n) is 18.3. The third-order valence-corrected chi connectivity index (χ3v) is 5.41. The third kappa shape index (κ3) is 6.44. The molecule has 0 saturated carbocycles. The van der Waals surface area contributed by atoms with Crippen LogP contribution in [0.2, 0.25) is 5.02 Å². The Bertz CT molecular complexity index is 1080. The highest BCUT2D eigenvalue weighted by Crippen LogP contribution is 2.29. The Balaban J connectivity index is 1.53. The Hall–Kier alpha value is -3.14. The molecule has 2 N–H and O–H groups in total. The normalized spacial score (nSPS) is 14.5. The molecule has 1 aliphatic heterocycles. The molecular weight excluding hydrogens is 445 g/mol. The van der Waals surface area contributed by atoms with Gasteiger partial charge >= 0.3 is 0 Å². The topological polar surface area (TPSA) is 87.6 Å². The first-order chi connectivity index (χ1) is 16.1. The average molecular weight is 470 g/mol. The molecule has 2 heterocycles. The zero-order valence-corrected chi connectivity index (χ0v) is 19.0. The predicted molar refractivity (Wildman–Crippen MR) is 128 cm³/mol. The maximum Gasteiger partial charge on any atom is 0.248 e. The number of hydrogen-bond donors (Lipinski definition) is 2. The van der Waals surface area contributed by atoms with E-state index in [1.54, 1.807) is 12.3 Å². The van der Waals surface area contributed by atoms with Gasteiger partial charge in [-0.2, -0.15) is 20.1 Å². The molecule has 0 bridgehead atoms. The number of hydrogen-bond acceptors (Lipinski definition) is 8. The van der Waals surface area contributed by atoms with Gasteiger partial charge in [-0.15, -0.1) is 0 Å². The first kappa shape index (κ1) is 23.0. The molecular formula is C23H25ClFN7O. The minimum Gasteiger partial charge on any atom is -0.379 e. The van der Waals surface area contributed by atoms with Gasteiger partial charge in [0.05, 0.1) is 30.0 Å². The van der Waals surface area contributed by atoms with Crippen LogP contribution in [0.15, 0.2) is 47.6 Å². The van der Waals surface area contributed by atoms with Crippen molar-refractivity contribution in [3.05, 3.63) is 64.4 Å². The molecule has 0 aliphatic carbocycles. The monoisotopic (exact) mass is 469 g/mol. The van der Waals surface area contributed by atoms with Crippen LogP contribution >= 0.6 is 11.6 Å². The number of halogens is 2. The van der Waals surface area contributed by atoms with Gasteiger partial charge in [-0.05, 0) is 24.6 Å². The van der Waals surface area contributed by atoms with E-state index in [0.717, 1.165) is 44.0 Å². The van der Waals surface area contributed by atoms with Crippen LogP contribution in [0.4, 0.5) is 16.3 Å². The Morgan fingerprint density at radius 2 is 1.85 bits per heavy atom. The van der Waals surface area contributed by atoms with Crippen molar-refractivity contribution in [2.45, 2.75) is 6.92 Å². The molecule has 0 radical (unpaired) electrons. The first-order valence-corrected chi connectivity index (χ1v) is 11.1. The zero-order chi connectivity index (χ0) is 23.0. The lowest BCUT2D eigenvalue weighted by Crippen LogP contribution is -2.39. The van der Waals surface area contributed by atoms with Crippen LogP contribution in [-0.2, 0) is 4.74 Å². The number of aryl methyl sites for hydroxylation is 1. The smallest absolute Gasteiger partial charge is 0.248 e. The molecule has 3 aromatic rings. The van der Waals surface area contributed by atoms with Crippen molar-refractivity contribution in [3.63, 3.8) is 0 Å². The second kappa shape index (κ2) is 11.1. The van der Waals surface area contributed by atoms with E-state index in [1.165, 1.54) is 12.1 Å². The van der Waals surface area contributed by atoms with Crippen molar-refractivity contribution >= 4 is 29.7 Å². The lowest BCUT2D eigenvalue weighted by Gasteiger charge is -2.26. The van der Waals surface area contributed by atoms with Gasteiger partial charge < -0.3 is 10.1 Å². The molecule has 0 atom stereocenters. The molecule has 1 fully saturated rings. The molecule has 33 heavy (non-hydrogen) atoms. The van der Waals surface area contributed by atoms with E-state index in [-0.39, 0.29) is 22.4 Å². The van der Waals surface area contributed by atoms with Crippen molar-refractivity contribution in [3.8, 4) is 11.4 Å². The number of hydrazone groups is 1. The highest BCUT2D eigenvalue weighted by molar-refractivity contribution is 6.33. The summed E-state index contributed by atoms with van der Waals surface area (Å²) in [7, 11) is 0. The van der Waals surface area contributed by atoms with E-state index in [2.05, 4.69) is 35.7 Å². The van der Waals surface area contributed by atoms with Crippen molar-refractivity contribution in [1.82, 2.24) is 19.9 Å². The van der Waals surface area contributed by atoms with Gasteiger partial charge in [-0.3, -0.25) is 4.90 Å². The molecule has 4 rings (SSSR count). The Morgan fingerprint density at radius 1 is 1.09 bits per heavy atom. The number of nitrogens with one attached hydrogen (secondary N) is 2. The highest BCUT2D eigenvalue weighted by Gasteiger charge is 2.16. The van der Waals surface area contributed by atoms with Gasteiger partial charge in [-0.25, -0.2) is 9.82 Å². The minimum atomic E-state index is -0.512. The second-order valence-corrected chi connectivity index (χ2v) is 7.97. The molecule has 2 aromatic carbocycles. The molecule has 172 valence electrons. The lowest BCUT2D eigenvalue weighted by molar-refractivity contribution is 0.0398. The van der Waals surface area contributed by atoms with Crippen LogP contribution in [-0.4, -0.2) is 65.5 Å². The lowest BCUT2D eigenvalue weighted by atomic mass is 10.2. The van der Waals surface area contributed by atoms with Crippen LogP contribution in [0.1, 0.15) is 11.1 Å². The van der Waals surface area contributed by atoms with Gasteiger partial charge in [0.1, 0.15) is 5.82 Å². The van der Waals surface area contributed by atoms with E-state index < -0.39 is 5.82 Å². The Morgan fingerprint density at radius 3 is 2.61 bits per heavy atom. The second-order valence-electron chi connectivity index (χ2n) is 7.56. The van der Waals surface area contributed by atoms with E-state index in [9.17, 15) is 4.39 Å². The summed E-state index contributed by atoms with van der Waals surface area (Å²) >= 11 is 6.24. The van der Waals surface area contributed by atoms with E-state index in [4.69, 9.17) is 16.3 Å². The molecule has 0 unspecified atom stereocenters. The number of anilines is 2. The summed E-state index contributed by atoms with van der Waals surface area (Å²) < 4.78 is 19.9. The quantitative estimate of drug-likeness (QED) is 0.383. The van der Waals surface area contributed by atoms with Crippen LogP contribution in [0.3, 0.4) is 0 Å². The molecule has 0 spiro atoms. The molecule has 10 heteroatoms. The summed E-state index contributed by atoms with van der Waals surface area (Å²) in [5, 5.41) is 7.62. The first-order valence-electron chi connectivity index (χ1n) is 10.7. The molecule has 8 nitrogen and oxygen atoms in total. The number of morpholine rings is 1. The van der Waals surface area contributed by atoms with E-state index in [0.29, 0.717) is 12.5 Å². The van der Waals surface area contributed by atoms with Gasteiger partial charge in [0.25, 0.3) is 0 Å². The fourth-order valence-corrected chi connectivity index (χ4v) is 3.54. The predicted octanol–water partition coefficient (Wildman–Crippen LogP) is 3.83. The summed E-state index contributed by atoms with van der Waals surface area (Å²) in [6, 6.07) is 12.4. The fourth-order valence-electron chi connectivity index (χ4n) is 3.30. The number of benzene rings is 2. The Labute approximate surface area is 196 Å². The van der Waals surface area contributed by atoms with Crippen molar-refractivity contribution in [2.75, 3.05) is 50.1 Å². The minimum absolute atomic E-state index is 0.114. The van der Waals surface area contributed by atoms with E-state index in [1.807, 2.05) is 31.2 Å². The standard InChI is InChI=1S/C23H25ClFN7O/c1-16-5-7-17(8-6-16)15-27-31-23-29-21(20-18(24)3-2-4-19(20)25)28-22(30-23)26-9-10-32-11-13-33-14-12-32/h2-8,15H,9-14H2,1H3,(H2,26,28,29,30,31). The van der Waals surface area contributed by atoms with Gasteiger partial charge in [0.2, 0.25) is 11.9 Å². The van der Waals surface area contributed by atoms with Crippen LogP contribution < -0.4 is 10.7 Å². The van der Waals surface area contributed by atoms with Gasteiger partial charge in [0, 0.05) is 26.2 Å². The Kier molecular flexibility index (Phi) is 7.77. The molecule has 1 saturated heterocycles. The van der Waals surface area contributed by atoms with Crippen molar-refractivity contribution in [1.29, 1.82) is 0 Å². The summed E-state index contributed by atoms with van der Waals surface area (Å²) in [5.74, 6) is 0.0919. The number of nitrogens with zero attached hydrogens (tertiary/aromatic N) is 5. The van der Waals surface area contributed by atoms with Crippen LogP contribution in [0, 0.1) is 12.7 Å². The molecule has 1 aliphatic rings. The van der Waals surface area contributed by atoms with Crippen LogP contribution in [0.5, 0.6) is 0 Å². The maximum absolute atomic E-state index is 14.5. The van der Waals surface area contributed by atoms with Gasteiger partial charge in [-0.1, -0.05) is 47.5 Å². The summed E-state index contributed by atoms with van der Waals surface area (Å²) in [6.07, 6.45) is 1.66. The number of ether oxygens (including phenoxy) is 1. The number of aromatic nitrogens is 3. The average Bonchev–Trinajstić information content (AvgIpc) is 2.81. The summed E-state index contributed by atoms with van der Waals surface area (Å²) in [5.41, 5.74) is 5.01. The molecule has 0 amide bonds. The highest BCUT2D eigenvalue weighted by atomic mass is 35.5. The fraction of sp³-hybridized carbons (Fsp3) is 0.304. The van der Waals surface area contributed by atoms with Crippen molar-refractivity contribution < 1.29 is 9.13 Å². The molecule has 1 aromatic heterocycles. The van der Waals surface area contributed by atoms with Crippen LogP contribution in [0.25, 0.3) is 11.4 Å².